The van der Waals surface area contributed by atoms with Crippen LogP contribution in [-0.2, 0) is 17.6 Å². The lowest BCUT2D eigenvalue weighted by Crippen LogP contribution is -2.37. The van der Waals surface area contributed by atoms with Crippen molar-refractivity contribution in [3.05, 3.63) is 46.3 Å². The highest BCUT2D eigenvalue weighted by Crippen LogP contribution is 2.41. The first-order chi connectivity index (χ1) is 16.2. The molecule has 1 aliphatic rings. The summed E-state index contributed by atoms with van der Waals surface area (Å²) in [5.74, 6) is 0.0277. The summed E-state index contributed by atoms with van der Waals surface area (Å²) in [6.45, 7) is -0.333. The molecule has 0 unspecified atom stereocenters. The van der Waals surface area contributed by atoms with E-state index >= 15 is 0 Å². The fourth-order valence-electron chi connectivity index (χ4n) is 4.30. The molecule has 0 aromatic carbocycles. The summed E-state index contributed by atoms with van der Waals surface area (Å²) in [6.07, 6.45) is 1.25. The van der Waals surface area contributed by atoms with Gasteiger partial charge in [0.25, 0.3) is 0 Å². The van der Waals surface area contributed by atoms with Crippen molar-refractivity contribution < 1.29 is 18.0 Å². The van der Waals surface area contributed by atoms with Crippen LogP contribution < -0.4 is 5.32 Å². The van der Waals surface area contributed by atoms with Gasteiger partial charge in [-0.05, 0) is 37.0 Å². The van der Waals surface area contributed by atoms with Gasteiger partial charge in [-0.15, -0.1) is 11.3 Å². The fraction of sp³-hybridized carbons (Fsp3) is 0.364. The molecule has 0 spiro atoms. The van der Waals surface area contributed by atoms with Gasteiger partial charge in [0.1, 0.15) is 17.0 Å². The molecule has 4 heterocycles. The van der Waals surface area contributed by atoms with Crippen LogP contribution in [0, 0.1) is 5.92 Å². The Hall–Kier alpha value is -2.92. The summed E-state index contributed by atoms with van der Waals surface area (Å²) >= 11 is 7.93. The molecule has 34 heavy (non-hydrogen) atoms. The number of amides is 1. The highest BCUT2D eigenvalue weighted by molar-refractivity contribution is 7.19. The molecule has 1 amide bonds. The lowest BCUT2D eigenvalue weighted by atomic mass is 9.87. The third kappa shape index (κ3) is 4.41. The molecule has 0 saturated heterocycles. The second-order valence-corrected chi connectivity index (χ2v) is 9.82. The van der Waals surface area contributed by atoms with Crippen LogP contribution in [0.1, 0.15) is 23.3 Å². The van der Waals surface area contributed by atoms with E-state index in [0.717, 1.165) is 26.2 Å². The van der Waals surface area contributed by atoms with Crippen molar-refractivity contribution in [2.24, 2.45) is 5.92 Å². The molecule has 4 aromatic rings. The van der Waals surface area contributed by atoms with Crippen LogP contribution in [0.5, 0.6) is 0 Å². The number of hydrogen-bond donors (Lipinski definition) is 1. The Morgan fingerprint density at radius 3 is 3.00 bits per heavy atom. The maximum atomic E-state index is 12.8. The largest absolute Gasteiger partial charge is 0.390 e. The Morgan fingerprint density at radius 1 is 1.38 bits per heavy atom. The summed E-state index contributed by atoms with van der Waals surface area (Å²) in [5, 5.41) is 8.87. The van der Waals surface area contributed by atoms with Crippen LogP contribution in [0.25, 0.3) is 15.7 Å². The minimum Gasteiger partial charge on any atom is -0.345 e. The number of hydrogen-bond acceptors (Lipinski definition) is 6. The first-order valence-electron chi connectivity index (χ1n) is 10.7. The Balaban J connectivity index is 1.40. The van der Waals surface area contributed by atoms with Crippen molar-refractivity contribution in [3.8, 4) is 0 Å². The van der Waals surface area contributed by atoms with Crippen LogP contribution in [0.2, 0.25) is 5.02 Å². The highest BCUT2D eigenvalue weighted by atomic mass is 35.5. The molecule has 0 aliphatic heterocycles. The predicted octanol–water partition coefficient (Wildman–Crippen LogP) is 5.25. The van der Waals surface area contributed by atoms with Gasteiger partial charge in [-0.1, -0.05) is 11.6 Å². The van der Waals surface area contributed by atoms with Gasteiger partial charge in [-0.2, -0.15) is 18.3 Å². The van der Waals surface area contributed by atoms with Crippen LogP contribution in [-0.4, -0.2) is 50.2 Å². The number of carbonyl (C=O) groups is 1. The Morgan fingerprint density at radius 2 is 2.21 bits per heavy atom. The van der Waals surface area contributed by atoms with E-state index in [-0.39, 0.29) is 18.4 Å². The van der Waals surface area contributed by atoms with Crippen LogP contribution in [0.3, 0.4) is 0 Å². The second-order valence-electron chi connectivity index (χ2n) is 8.33. The van der Waals surface area contributed by atoms with Crippen molar-refractivity contribution in [1.82, 2.24) is 24.5 Å². The van der Waals surface area contributed by atoms with Gasteiger partial charge in [0, 0.05) is 36.8 Å². The molecule has 5 rings (SSSR count). The molecule has 178 valence electrons. The predicted molar refractivity (Wildman–Crippen MR) is 125 cm³/mol. The Labute approximate surface area is 201 Å². The van der Waals surface area contributed by atoms with Crippen molar-refractivity contribution in [2.45, 2.75) is 31.9 Å². The Bertz CT molecular complexity index is 1380. The number of anilines is 2. The number of aryl methyl sites for hydroxylation is 1. The smallest absolute Gasteiger partial charge is 0.345 e. The van der Waals surface area contributed by atoms with Crippen LogP contribution >= 0.6 is 22.9 Å². The number of fused-ring (bicyclic) bond motifs is 4. The maximum Gasteiger partial charge on any atom is 0.390 e. The second kappa shape index (κ2) is 8.70. The number of nitrogens with one attached hydrogen (secondary N) is 1. The SMILES string of the molecule is CN(CCC(F)(F)F)C(=O)[C@H]1CCc2c(sc3ncnc(Nc4cc5ccnn5cc4Cl)c23)C1. The van der Waals surface area contributed by atoms with Crippen LogP contribution in [0.4, 0.5) is 24.7 Å². The van der Waals surface area contributed by atoms with E-state index in [0.29, 0.717) is 35.8 Å². The number of nitrogens with zero attached hydrogens (tertiary/aromatic N) is 5. The van der Waals surface area contributed by atoms with Gasteiger partial charge in [0.05, 0.1) is 28.0 Å². The molecule has 0 bridgehead atoms. The highest BCUT2D eigenvalue weighted by Gasteiger charge is 2.33. The summed E-state index contributed by atoms with van der Waals surface area (Å²) in [4.78, 5) is 24.6. The molecule has 0 radical (unpaired) electrons. The van der Waals surface area contributed by atoms with E-state index in [1.54, 1.807) is 16.9 Å². The molecule has 0 saturated carbocycles. The summed E-state index contributed by atoms with van der Waals surface area (Å²) in [6, 6.07) is 3.75. The van der Waals surface area contributed by atoms with Gasteiger partial charge in [0.15, 0.2) is 0 Å². The molecular weight excluding hydrogens is 489 g/mol. The van der Waals surface area contributed by atoms with E-state index in [2.05, 4.69) is 20.4 Å². The molecule has 4 aromatic heterocycles. The standard InChI is InChI=1S/C22H20ClF3N6OS/c1-31(7-5-22(24,25)26)21(33)12-2-3-14-17(8-12)34-20-18(14)19(27-11-28-20)30-16-9-13-4-6-29-32(13)10-15(16)23/h4,6,9-12H,2-3,5,7-8H2,1H3,(H,27,28,30)/t12-/m0/s1. The molecular formula is C22H20ClF3N6OS. The van der Waals surface area contributed by atoms with E-state index < -0.39 is 12.6 Å². The average molecular weight is 509 g/mol. The van der Waals surface area contributed by atoms with Crippen molar-refractivity contribution in [2.75, 3.05) is 18.9 Å². The molecule has 1 N–H and O–H groups in total. The van der Waals surface area contributed by atoms with Gasteiger partial charge < -0.3 is 10.2 Å². The van der Waals surface area contributed by atoms with E-state index in [1.165, 1.54) is 29.6 Å². The van der Waals surface area contributed by atoms with Gasteiger partial charge in [-0.3, -0.25) is 4.79 Å². The normalized spacial score (nSPS) is 16.1. The van der Waals surface area contributed by atoms with Crippen LogP contribution in [0.15, 0.2) is 30.9 Å². The number of carbonyl (C=O) groups excluding carboxylic acids is 1. The monoisotopic (exact) mass is 508 g/mol. The van der Waals surface area contributed by atoms with E-state index in [1.807, 2.05) is 12.1 Å². The minimum atomic E-state index is -4.28. The zero-order valence-electron chi connectivity index (χ0n) is 18.1. The van der Waals surface area contributed by atoms with Crippen molar-refractivity contribution >= 4 is 56.1 Å². The maximum absolute atomic E-state index is 12.8. The molecule has 0 fully saturated rings. The number of pyridine rings is 1. The third-order valence-electron chi connectivity index (χ3n) is 6.04. The zero-order chi connectivity index (χ0) is 24.0. The number of rotatable bonds is 5. The number of thiophene rings is 1. The summed E-state index contributed by atoms with van der Waals surface area (Å²) in [7, 11) is 1.43. The van der Waals surface area contributed by atoms with Gasteiger partial charge in [0.2, 0.25) is 5.91 Å². The zero-order valence-corrected chi connectivity index (χ0v) is 19.6. The third-order valence-corrected chi connectivity index (χ3v) is 7.50. The summed E-state index contributed by atoms with van der Waals surface area (Å²) in [5.41, 5.74) is 2.64. The lowest BCUT2D eigenvalue weighted by Gasteiger charge is -2.27. The van der Waals surface area contributed by atoms with Gasteiger partial charge in [-0.25, -0.2) is 14.5 Å². The lowest BCUT2D eigenvalue weighted by molar-refractivity contribution is -0.146. The minimum absolute atomic E-state index is 0.252. The Kier molecular flexibility index (Phi) is 5.85. The molecule has 7 nitrogen and oxygen atoms in total. The van der Waals surface area contributed by atoms with E-state index in [4.69, 9.17) is 11.6 Å². The quantitative estimate of drug-likeness (QED) is 0.398. The first-order valence-corrected chi connectivity index (χ1v) is 11.9. The first kappa shape index (κ1) is 22.9. The number of halogens is 4. The molecule has 1 aliphatic carbocycles. The topological polar surface area (TPSA) is 75.4 Å². The molecule has 1 atom stereocenters. The van der Waals surface area contributed by atoms with Gasteiger partial charge >= 0.3 is 6.18 Å². The summed E-state index contributed by atoms with van der Waals surface area (Å²) < 4.78 is 39.3. The number of aromatic nitrogens is 4. The van der Waals surface area contributed by atoms with Crippen molar-refractivity contribution in [3.63, 3.8) is 0 Å². The number of alkyl halides is 3. The average Bonchev–Trinajstić information content (AvgIpc) is 3.40. The van der Waals surface area contributed by atoms with Crippen molar-refractivity contribution in [1.29, 1.82) is 0 Å². The fourth-order valence-corrected chi connectivity index (χ4v) is 5.76. The van der Waals surface area contributed by atoms with E-state index in [9.17, 15) is 18.0 Å². The molecule has 12 heteroatoms.